The van der Waals surface area contributed by atoms with Crippen molar-refractivity contribution in [3.05, 3.63) is 52.9 Å². The van der Waals surface area contributed by atoms with Crippen molar-refractivity contribution in [1.82, 2.24) is 0 Å². The Bertz CT molecular complexity index is 441. The largest absolute Gasteiger partial charge is 0.452 e. The molecule has 84 valence electrons. The molecule has 2 aromatic rings. The molecule has 4 heteroatoms. The molecule has 0 amide bonds. The molecule has 16 heavy (non-hydrogen) atoms. The summed E-state index contributed by atoms with van der Waals surface area (Å²) in [6, 6.07) is 13.7. The summed E-state index contributed by atoms with van der Waals surface area (Å²) in [5, 5.41) is 3.32. The van der Waals surface area contributed by atoms with Gasteiger partial charge in [-0.1, -0.05) is 18.2 Å². The van der Waals surface area contributed by atoms with Gasteiger partial charge in [-0.15, -0.1) is 0 Å². The van der Waals surface area contributed by atoms with Crippen molar-refractivity contribution < 1.29 is 4.42 Å². The first-order chi connectivity index (χ1) is 7.79. The normalized spacial score (nSPS) is 12.4. The predicted octanol–water partition coefficient (Wildman–Crippen LogP) is 3.15. The van der Waals surface area contributed by atoms with E-state index in [-0.39, 0.29) is 6.04 Å². The molecule has 0 saturated carbocycles. The molecule has 0 aliphatic carbocycles. The van der Waals surface area contributed by atoms with E-state index in [4.69, 9.17) is 10.2 Å². The molecule has 0 aliphatic heterocycles. The van der Waals surface area contributed by atoms with Gasteiger partial charge in [-0.3, -0.25) is 0 Å². The van der Waals surface area contributed by atoms with Crippen molar-refractivity contribution in [2.75, 3.05) is 11.9 Å². The second kappa shape index (κ2) is 5.18. The number of halogens is 1. The average molecular weight is 281 g/mol. The van der Waals surface area contributed by atoms with Gasteiger partial charge >= 0.3 is 0 Å². The zero-order valence-electron chi connectivity index (χ0n) is 8.69. The van der Waals surface area contributed by atoms with Gasteiger partial charge in [0, 0.05) is 12.2 Å². The average Bonchev–Trinajstić information content (AvgIpc) is 2.74. The van der Waals surface area contributed by atoms with Gasteiger partial charge in [0.05, 0.1) is 6.04 Å². The Morgan fingerprint density at radius 1 is 1.19 bits per heavy atom. The lowest BCUT2D eigenvalue weighted by atomic mass is 10.2. The van der Waals surface area contributed by atoms with Crippen molar-refractivity contribution in [3.63, 3.8) is 0 Å². The summed E-state index contributed by atoms with van der Waals surface area (Å²) in [6.45, 7) is 0.481. The molecule has 0 aliphatic rings. The van der Waals surface area contributed by atoms with Crippen LogP contribution in [0.3, 0.4) is 0 Å². The zero-order valence-corrected chi connectivity index (χ0v) is 10.3. The molecule has 2 rings (SSSR count). The maximum Gasteiger partial charge on any atom is 0.169 e. The van der Waals surface area contributed by atoms with Gasteiger partial charge in [-0.25, -0.2) is 0 Å². The number of nitrogens with one attached hydrogen (secondary N) is 1. The van der Waals surface area contributed by atoms with Gasteiger partial charge in [0.2, 0.25) is 0 Å². The van der Waals surface area contributed by atoms with Gasteiger partial charge in [0.15, 0.2) is 4.67 Å². The first-order valence-electron chi connectivity index (χ1n) is 5.06. The number of hydrogen-bond acceptors (Lipinski definition) is 3. The van der Waals surface area contributed by atoms with Crippen LogP contribution in [0.2, 0.25) is 0 Å². The SMILES string of the molecule is NCC(Nc1ccccc1)c1ccc(Br)o1. The number of anilines is 1. The predicted molar refractivity (Wildman–Crippen MR) is 68.3 cm³/mol. The van der Waals surface area contributed by atoms with Gasteiger partial charge in [0.25, 0.3) is 0 Å². The standard InChI is InChI=1S/C12H13BrN2O/c13-12-7-6-11(16-12)10(8-14)15-9-4-2-1-3-5-9/h1-7,10,15H,8,14H2. The molecule has 0 spiro atoms. The number of hydrogen-bond donors (Lipinski definition) is 2. The number of rotatable bonds is 4. The smallest absolute Gasteiger partial charge is 0.169 e. The van der Waals surface area contributed by atoms with E-state index in [2.05, 4.69) is 21.2 Å². The number of nitrogens with two attached hydrogens (primary N) is 1. The van der Waals surface area contributed by atoms with E-state index < -0.39 is 0 Å². The quantitative estimate of drug-likeness (QED) is 0.905. The number of furan rings is 1. The molecular weight excluding hydrogens is 268 g/mol. The third kappa shape index (κ3) is 2.65. The third-order valence-electron chi connectivity index (χ3n) is 2.29. The molecule has 1 unspecified atom stereocenters. The van der Waals surface area contributed by atoms with Crippen LogP contribution in [0.25, 0.3) is 0 Å². The van der Waals surface area contributed by atoms with E-state index >= 15 is 0 Å². The van der Waals surface area contributed by atoms with E-state index in [1.54, 1.807) is 0 Å². The van der Waals surface area contributed by atoms with Crippen LogP contribution in [0.5, 0.6) is 0 Å². The van der Waals surface area contributed by atoms with Crippen LogP contribution >= 0.6 is 15.9 Å². The van der Waals surface area contributed by atoms with Gasteiger partial charge < -0.3 is 15.5 Å². The minimum absolute atomic E-state index is 0.00583. The monoisotopic (exact) mass is 280 g/mol. The molecule has 0 fully saturated rings. The minimum Gasteiger partial charge on any atom is -0.452 e. The van der Waals surface area contributed by atoms with Crippen molar-refractivity contribution in [3.8, 4) is 0 Å². The first-order valence-corrected chi connectivity index (χ1v) is 5.86. The lowest BCUT2D eigenvalue weighted by molar-refractivity contribution is 0.463. The molecule has 1 aromatic carbocycles. The number of benzene rings is 1. The topological polar surface area (TPSA) is 51.2 Å². The van der Waals surface area contributed by atoms with Gasteiger partial charge in [-0.05, 0) is 40.2 Å². The number of para-hydroxylation sites is 1. The molecular formula is C12H13BrN2O. The Morgan fingerprint density at radius 2 is 1.94 bits per heavy atom. The lowest BCUT2D eigenvalue weighted by Crippen LogP contribution is -2.19. The summed E-state index contributed by atoms with van der Waals surface area (Å²) in [4.78, 5) is 0. The molecule has 3 N–H and O–H groups in total. The van der Waals surface area contributed by atoms with E-state index in [1.165, 1.54) is 0 Å². The highest BCUT2D eigenvalue weighted by atomic mass is 79.9. The Morgan fingerprint density at radius 3 is 2.50 bits per heavy atom. The summed E-state index contributed by atoms with van der Waals surface area (Å²) >= 11 is 3.28. The van der Waals surface area contributed by atoms with Crippen LogP contribution < -0.4 is 11.1 Å². The van der Waals surface area contributed by atoms with Crippen molar-refractivity contribution in [1.29, 1.82) is 0 Å². The lowest BCUT2D eigenvalue weighted by Gasteiger charge is -2.15. The Labute approximate surface area is 103 Å². The van der Waals surface area contributed by atoms with Gasteiger partial charge in [-0.2, -0.15) is 0 Å². The summed E-state index contributed by atoms with van der Waals surface area (Å²) in [6.07, 6.45) is 0. The molecule has 0 bridgehead atoms. The minimum atomic E-state index is -0.00583. The molecule has 1 aromatic heterocycles. The first kappa shape index (κ1) is 11.2. The van der Waals surface area contributed by atoms with E-state index in [9.17, 15) is 0 Å². The maximum absolute atomic E-state index is 5.72. The summed E-state index contributed by atoms with van der Waals surface area (Å²) in [5.74, 6) is 0.832. The van der Waals surface area contributed by atoms with Gasteiger partial charge in [0.1, 0.15) is 5.76 Å². The van der Waals surface area contributed by atoms with Crippen molar-refractivity contribution in [2.24, 2.45) is 5.73 Å². The Balaban J connectivity index is 2.12. The summed E-state index contributed by atoms with van der Waals surface area (Å²) in [7, 11) is 0. The molecule has 1 atom stereocenters. The Kier molecular flexibility index (Phi) is 3.64. The highest BCUT2D eigenvalue weighted by Gasteiger charge is 2.13. The summed E-state index contributed by atoms with van der Waals surface area (Å²) < 4.78 is 6.20. The molecule has 0 radical (unpaired) electrons. The van der Waals surface area contributed by atoms with Crippen LogP contribution in [0.4, 0.5) is 5.69 Å². The fourth-order valence-corrected chi connectivity index (χ4v) is 1.82. The van der Waals surface area contributed by atoms with Crippen molar-refractivity contribution in [2.45, 2.75) is 6.04 Å². The molecule has 1 heterocycles. The fraction of sp³-hybridized carbons (Fsp3) is 0.167. The van der Waals surface area contributed by atoms with Crippen LogP contribution in [0.15, 0.2) is 51.6 Å². The molecule has 3 nitrogen and oxygen atoms in total. The third-order valence-corrected chi connectivity index (χ3v) is 2.71. The summed E-state index contributed by atoms with van der Waals surface area (Å²) in [5.41, 5.74) is 6.76. The second-order valence-corrected chi connectivity index (χ2v) is 4.22. The van der Waals surface area contributed by atoms with E-state index in [0.29, 0.717) is 6.54 Å². The molecule has 0 saturated heterocycles. The maximum atomic E-state index is 5.72. The highest BCUT2D eigenvalue weighted by Crippen LogP contribution is 2.23. The highest BCUT2D eigenvalue weighted by molar-refractivity contribution is 9.10. The van der Waals surface area contributed by atoms with Crippen LogP contribution in [-0.4, -0.2) is 6.54 Å². The van der Waals surface area contributed by atoms with Crippen LogP contribution in [0.1, 0.15) is 11.8 Å². The van der Waals surface area contributed by atoms with E-state index in [0.717, 1.165) is 16.1 Å². The van der Waals surface area contributed by atoms with Crippen LogP contribution in [0, 0.1) is 0 Å². The fourth-order valence-electron chi connectivity index (χ4n) is 1.50. The van der Waals surface area contributed by atoms with Crippen LogP contribution in [-0.2, 0) is 0 Å². The van der Waals surface area contributed by atoms with Crippen molar-refractivity contribution >= 4 is 21.6 Å². The van der Waals surface area contributed by atoms with E-state index in [1.807, 2.05) is 42.5 Å². The Hall–Kier alpha value is -1.26. The second-order valence-electron chi connectivity index (χ2n) is 3.44. The zero-order chi connectivity index (χ0) is 11.4.